The Labute approximate surface area is 61.1 Å². The fraction of sp³-hybridized carbons (Fsp3) is 0.222. The van der Waals surface area contributed by atoms with Crippen LogP contribution in [-0.2, 0) is 6.42 Å². The summed E-state index contributed by atoms with van der Waals surface area (Å²) in [5.74, 6) is 0. The molecule has 0 saturated carbocycles. The van der Waals surface area contributed by atoms with Crippen molar-refractivity contribution in [2.75, 3.05) is 0 Å². The third-order valence-electron chi connectivity index (χ3n) is 1.47. The standard InChI is InChI=1S/C9H9N/c1-3-8-4-6-9(10-2)7-5-8/h4-7H,3H2,1H3. The molecule has 0 aromatic heterocycles. The summed E-state index contributed by atoms with van der Waals surface area (Å²) in [4.78, 5) is 3.30. The summed E-state index contributed by atoms with van der Waals surface area (Å²) in [6.07, 6.45) is 1.04. The summed E-state index contributed by atoms with van der Waals surface area (Å²) in [6.45, 7) is 8.80. The van der Waals surface area contributed by atoms with Crippen LogP contribution in [0, 0.1) is 6.57 Å². The monoisotopic (exact) mass is 131 g/mol. The van der Waals surface area contributed by atoms with Crippen molar-refractivity contribution in [1.29, 1.82) is 0 Å². The van der Waals surface area contributed by atoms with Gasteiger partial charge in [-0.2, -0.15) is 0 Å². The van der Waals surface area contributed by atoms with Crippen LogP contribution < -0.4 is 0 Å². The molecule has 0 aliphatic carbocycles. The first-order valence-corrected chi connectivity index (χ1v) is 3.33. The van der Waals surface area contributed by atoms with Crippen molar-refractivity contribution in [3.05, 3.63) is 41.2 Å². The quantitative estimate of drug-likeness (QED) is 0.516. The maximum absolute atomic E-state index is 6.70. The van der Waals surface area contributed by atoms with Crippen LogP contribution in [0.1, 0.15) is 12.5 Å². The Morgan fingerprint density at radius 3 is 2.30 bits per heavy atom. The van der Waals surface area contributed by atoms with E-state index in [1.807, 2.05) is 24.3 Å². The van der Waals surface area contributed by atoms with Gasteiger partial charge in [0.1, 0.15) is 0 Å². The maximum atomic E-state index is 6.70. The molecule has 0 radical (unpaired) electrons. The summed E-state index contributed by atoms with van der Waals surface area (Å²) < 4.78 is 0. The van der Waals surface area contributed by atoms with Crippen molar-refractivity contribution in [2.24, 2.45) is 0 Å². The van der Waals surface area contributed by atoms with Gasteiger partial charge in [-0.1, -0.05) is 36.8 Å². The number of hydrogen-bond donors (Lipinski definition) is 0. The van der Waals surface area contributed by atoms with Gasteiger partial charge in [0.05, 0.1) is 6.57 Å². The molecule has 10 heavy (non-hydrogen) atoms. The van der Waals surface area contributed by atoms with Crippen molar-refractivity contribution in [3.63, 3.8) is 0 Å². The Bertz CT molecular complexity index is 240. The molecule has 0 spiro atoms. The van der Waals surface area contributed by atoms with Gasteiger partial charge < -0.3 is 0 Å². The van der Waals surface area contributed by atoms with Gasteiger partial charge in [-0.25, -0.2) is 4.85 Å². The molecule has 1 aromatic carbocycles. The fourth-order valence-electron chi connectivity index (χ4n) is 0.806. The lowest BCUT2D eigenvalue weighted by atomic mass is 10.2. The first-order valence-electron chi connectivity index (χ1n) is 3.33. The largest absolute Gasteiger partial charge is 0.238 e. The lowest BCUT2D eigenvalue weighted by molar-refractivity contribution is 1.14. The molecule has 1 rings (SSSR count). The van der Waals surface area contributed by atoms with E-state index in [1.165, 1.54) is 5.56 Å². The third-order valence-corrected chi connectivity index (χ3v) is 1.47. The SMILES string of the molecule is [C-]#[N+]c1ccc(CC)cc1. The predicted molar refractivity (Wildman–Crippen MR) is 42.1 cm³/mol. The molecule has 0 heterocycles. The second kappa shape index (κ2) is 3.03. The number of aryl methyl sites for hydroxylation is 1. The van der Waals surface area contributed by atoms with Gasteiger partial charge in [0, 0.05) is 0 Å². The molecule has 0 aliphatic heterocycles. The lowest BCUT2D eigenvalue weighted by Gasteiger charge is -1.93. The maximum Gasteiger partial charge on any atom is 0.187 e. The number of rotatable bonds is 1. The highest BCUT2D eigenvalue weighted by molar-refractivity contribution is 5.45. The van der Waals surface area contributed by atoms with Crippen molar-refractivity contribution in [3.8, 4) is 0 Å². The first kappa shape index (κ1) is 6.82. The molecule has 1 aromatic rings. The number of nitrogens with zero attached hydrogens (tertiary/aromatic N) is 1. The minimum atomic E-state index is 0.720. The van der Waals surface area contributed by atoms with Crippen molar-refractivity contribution < 1.29 is 0 Å². The van der Waals surface area contributed by atoms with Crippen LogP contribution in [0.4, 0.5) is 5.69 Å². The van der Waals surface area contributed by atoms with Gasteiger partial charge >= 0.3 is 0 Å². The van der Waals surface area contributed by atoms with Gasteiger partial charge in [-0.05, 0) is 6.42 Å². The van der Waals surface area contributed by atoms with Gasteiger partial charge in [0.2, 0.25) is 0 Å². The molecule has 0 fully saturated rings. The minimum absolute atomic E-state index is 0.720. The van der Waals surface area contributed by atoms with E-state index in [4.69, 9.17) is 6.57 Å². The second-order valence-electron chi connectivity index (χ2n) is 2.13. The van der Waals surface area contributed by atoms with Crippen LogP contribution in [0.3, 0.4) is 0 Å². The fourth-order valence-corrected chi connectivity index (χ4v) is 0.806. The molecule has 0 aliphatic rings. The predicted octanol–water partition coefficient (Wildman–Crippen LogP) is 2.80. The van der Waals surface area contributed by atoms with Crippen LogP contribution in [-0.4, -0.2) is 0 Å². The molecular weight excluding hydrogens is 122 g/mol. The molecule has 0 atom stereocenters. The normalized spacial score (nSPS) is 8.80. The van der Waals surface area contributed by atoms with E-state index < -0.39 is 0 Å². The van der Waals surface area contributed by atoms with Gasteiger partial charge in [-0.15, -0.1) is 0 Å². The topological polar surface area (TPSA) is 4.36 Å². The van der Waals surface area contributed by atoms with Crippen LogP contribution in [0.25, 0.3) is 4.85 Å². The highest BCUT2D eigenvalue weighted by Crippen LogP contribution is 2.12. The average Bonchev–Trinajstić information content (AvgIpc) is 2.05. The molecule has 0 amide bonds. The summed E-state index contributed by atoms with van der Waals surface area (Å²) in [5, 5.41) is 0. The van der Waals surface area contributed by atoms with Gasteiger partial charge in [0.15, 0.2) is 5.69 Å². The molecular formula is C9H9N. The van der Waals surface area contributed by atoms with E-state index in [2.05, 4.69) is 11.8 Å². The van der Waals surface area contributed by atoms with E-state index in [9.17, 15) is 0 Å². The summed E-state index contributed by atoms with van der Waals surface area (Å²) in [6, 6.07) is 7.69. The summed E-state index contributed by atoms with van der Waals surface area (Å²) in [7, 11) is 0. The molecule has 1 heteroatoms. The van der Waals surface area contributed by atoms with Crippen LogP contribution in [0.5, 0.6) is 0 Å². The Morgan fingerprint density at radius 1 is 1.30 bits per heavy atom. The molecule has 0 N–H and O–H groups in total. The number of benzene rings is 1. The first-order chi connectivity index (χ1) is 4.86. The Hall–Kier alpha value is -1.29. The summed E-state index contributed by atoms with van der Waals surface area (Å²) >= 11 is 0. The zero-order valence-electron chi connectivity index (χ0n) is 5.96. The van der Waals surface area contributed by atoms with Crippen molar-refractivity contribution in [1.82, 2.24) is 0 Å². The van der Waals surface area contributed by atoms with Gasteiger partial charge in [0.25, 0.3) is 0 Å². The van der Waals surface area contributed by atoms with Crippen LogP contribution in [0.15, 0.2) is 24.3 Å². The van der Waals surface area contributed by atoms with Crippen LogP contribution >= 0.6 is 0 Å². The number of hydrogen-bond acceptors (Lipinski definition) is 0. The molecule has 50 valence electrons. The molecule has 0 saturated heterocycles. The highest BCUT2D eigenvalue weighted by atomic mass is 14.6. The lowest BCUT2D eigenvalue weighted by Crippen LogP contribution is -1.75. The van der Waals surface area contributed by atoms with Gasteiger partial charge in [-0.3, -0.25) is 0 Å². The zero-order chi connectivity index (χ0) is 7.40. The Morgan fingerprint density at radius 2 is 1.90 bits per heavy atom. The van der Waals surface area contributed by atoms with E-state index in [0.29, 0.717) is 0 Å². The van der Waals surface area contributed by atoms with Crippen molar-refractivity contribution >= 4 is 5.69 Å². The van der Waals surface area contributed by atoms with E-state index in [0.717, 1.165) is 12.1 Å². The molecule has 0 unspecified atom stereocenters. The Balaban J connectivity index is 2.93. The van der Waals surface area contributed by atoms with Crippen molar-refractivity contribution in [2.45, 2.75) is 13.3 Å². The van der Waals surface area contributed by atoms with E-state index >= 15 is 0 Å². The van der Waals surface area contributed by atoms with E-state index in [-0.39, 0.29) is 0 Å². The zero-order valence-corrected chi connectivity index (χ0v) is 5.96. The highest BCUT2D eigenvalue weighted by Gasteiger charge is 1.88. The molecule has 1 nitrogen and oxygen atoms in total. The minimum Gasteiger partial charge on any atom is -0.238 e. The molecule has 0 bridgehead atoms. The summed E-state index contributed by atoms with van der Waals surface area (Å²) in [5.41, 5.74) is 2.00. The van der Waals surface area contributed by atoms with Crippen LogP contribution in [0.2, 0.25) is 0 Å². The third kappa shape index (κ3) is 1.35. The van der Waals surface area contributed by atoms with E-state index in [1.54, 1.807) is 0 Å². The smallest absolute Gasteiger partial charge is 0.187 e. The Kier molecular flexibility index (Phi) is 2.07. The average molecular weight is 131 g/mol. The second-order valence-corrected chi connectivity index (χ2v) is 2.13.